The largest absolute Gasteiger partial charge is 0.454 e. The van der Waals surface area contributed by atoms with E-state index in [1.54, 1.807) is 0 Å². The van der Waals surface area contributed by atoms with Gasteiger partial charge in [0.05, 0.1) is 0 Å². The van der Waals surface area contributed by atoms with Gasteiger partial charge in [0.1, 0.15) is 12.6 Å². The molecule has 2 aromatic carbocycles. The normalized spacial score (nSPS) is 14.0. The summed E-state index contributed by atoms with van der Waals surface area (Å²) in [6, 6.07) is 15.2. The van der Waals surface area contributed by atoms with Gasteiger partial charge in [-0.1, -0.05) is 68.8 Å². The number of rotatable bonds is 8. The maximum absolute atomic E-state index is 12.5. The lowest BCUT2D eigenvalue weighted by molar-refractivity contribution is -0.151. The van der Waals surface area contributed by atoms with Gasteiger partial charge < -0.3 is 20.1 Å². The van der Waals surface area contributed by atoms with Crippen molar-refractivity contribution in [3.05, 3.63) is 59.7 Å². The maximum atomic E-state index is 12.5. The second-order valence-electron chi connectivity index (χ2n) is 7.61. The van der Waals surface area contributed by atoms with Gasteiger partial charge in [-0.2, -0.15) is 0 Å². The Morgan fingerprint density at radius 1 is 0.968 bits per heavy atom. The predicted octanol–water partition coefficient (Wildman–Crippen LogP) is 3.23. The molecule has 3 rings (SSSR count). The molecule has 164 valence electrons. The van der Waals surface area contributed by atoms with E-state index >= 15 is 0 Å². The average molecular weight is 424 g/mol. The van der Waals surface area contributed by atoms with Crippen LogP contribution in [0, 0.1) is 5.92 Å². The van der Waals surface area contributed by atoms with Crippen LogP contribution in [0.1, 0.15) is 37.3 Å². The van der Waals surface area contributed by atoms with Gasteiger partial charge >= 0.3 is 12.1 Å². The molecule has 0 heterocycles. The average Bonchev–Trinajstić information content (AvgIpc) is 3.12. The quantitative estimate of drug-likeness (QED) is 0.635. The van der Waals surface area contributed by atoms with E-state index in [0.717, 1.165) is 22.3 Å². The highest BCUT2D eigenvalue weighted by Crippen LogP contribution is 2.44. The molecule has 31 heavy (non-hydrogen) atoms. The van der Waals surface area contributed by atoms with Crippen molar-refractivity contribution in [1.29, 1.82) is 0 Å². The fourth-order valence-corrected chi connectivity index (χ4v) is 3.73. The summed E-state index contributed by atoms with van der Waals surface area (Å²) < 4.78 is 10.6. The Balaban J connectivity index is 1.65. The number of amides is 2. The van der Waals surface area contributed by atoms with Gasteiger partial charge in [0.2, 0.25) is 0 Å². The van der Waals surface area contributed by atoms with Crippen molar-refractivity contribution in [3.8, 4) is 11.1 Å². The number of carbonyl (C=O) groups excluding carboxylic acids is 3. The summed E-state index contributed by atoms with van der Waals surface area (Å²) in [5.74, 6) is -1.33. The maximum Gasteiger partial charge on any atom is 0.407 e. The van der Waals surface area contributed by atoms with Crippen LogP contribution in [0.3, 0.4) is 0 Å². The summed E-state index contributed by atoms with van der Waals surface area (Å²) in [7, 11) is 1.46. The van der Waals surface area contributed by atoms with Crippen LogP contribution in [0.15, 0.2) is 48.5 Å². The molecule has 0 aliphatic heterocycles. The van der Waals surface area contributed by atoms with Gasteiger partial charge in [0.15, 0.2) is 6.61 Å². The highest BCUT2D eigenvalue weighted by atomic mass is 16.6. The number of nitrogens with one attached hydrogen (secondary N) is 2. The van der Waals surface area contributed by atoms with Crippen LogP contribution in [-0.2, 0) is 19.1 Å². The van der Waals surface area contributed by atoms with Crippen molar-refractivity contribution in [3.63, 3.8) is 0 Å². The first-order valence-electron chi connectivity index (χ1n) is 10.4. The van der Waals surface area contributed by atoms with E-state index in [9.17, 15) is 14.4 Å². The highest BCUT2D eigenvalue weighted by Gasteiger charge is 2.31. The number of hydrogen-bond acceptors (Lipinski definition) is 5. The van der Waals surface area contributed by atoms with Gasteiger partial charge in [-0.15, -0.1) is 0 Å². The Kier molecular flexibility index (Phi) is 7.28. The zero-order valence-corrected chi connectivity index (χ0v) is 18.0. The number of fused-ring (bicyclic) bond motifs is 3. The number of hydrogen-bond donors (Lipinski definition) is 2. The van der Waals surface area contributed by atoms with Crippen LogP contribution in [0.4, 0.5) is 4.79 Å². The lowest BCUT2D eigenvalue weighted by Gasteiger charge is -2.23. The zero-order valence-electron chi connectivity index (χ0n) is 18.0. The lowest BCUT2D eigenvalue weighted by atomic mass is 9.98. The van der Waals surface area contributed by atoms with Gasteiger partial charge in [-0.3, -0.25) is 4.79 Å². The second kappa shape index (κ2) is 10.1. The molecule has 0 saturated carbocycles. The molecule has 2 atom stereocenters. The Hall–Kier alpha value is -3.35. The summed E-state index contributed by atoms with van der Waals surface area (Å²) in [6.07, 6.45) is -0.0484. The molecule has 0 fully saturated rings. The third-order valence-corrected chi connectivity index (χ3v) is 5.71. The lowest BCUT2D eigenvalue weighted by Crippen LogP contribution is -2.47. The monoisotopic (exact) mass is 424 g/mol. The summed E-state index contributed by atoms with van der Waals surface area (Å²) in [5.41, 5.74) is 4.50. The Labute approximate surface area is 182 Å². The van der Waals surface area contributed by atoms with E-state index in [4.69, 9.17) is 9.47 Å². The van der Waals surface area contributed by atoms with Crippen molar-refractivity contribution in [1.82, 2.24) is 10.6 Å². The molecular weight excluding hydrogens is 396 g/mol. The molecule has 0 radical (unpaired) electrons. The van der Waals surface area contributed by atoms with Gasteiger partial charge in [-0.05, 0) is 28.2 Å². The molecule has 1 aliphatic rings. The van der Waals surface area contributed by atoms with Crippen LogP contribution in [0.25, 0.3) is 11.1 Å². The number of carbonyl (C=O) groups is 3. The van der Waals surface area contributed by atoms with Crippen molar-refractivity contribution in [2.75, 3.05) is 20.3 Å². The Morgan fingerprint density at radius 2 is 1.55 bits per heavy atom. The van der Waals surface area contributed by atoms with Crippen molar-refractivity contribution < 1.29 is 23.9 Å². The fraction of sp³-hybridized carbons (Fsp3) is 0.375. The topological polar surface area (TPSA) is 93.7 Å². The predicted molar refractivity (Wildman–Crippen MR) is 116 cm³/mol. The number of ether oxygens (including phenoxy) is 2. The molecule has 2 N–H and O–H groups in total. The molecule has 1 aliphatic carbocycles. The zero-order chi connectivity index (χ0) is 22.4. The standard InChI is InChI=1S/C24H28N2O5/c1-4-15(2)22(23(28)30-14-21(27)25-3)26-24(29)31-13-20-18-11-7-5-9-16(18)17-10-6-8-12-19(17)20/h5-12,15,20,22H,4,13-14H2,1-3H3,(H,25,27)(H,26,29)/t15-,22-/m0/s1. The molecule has 0 bridgehead atoms. The summed E-state index contributed by atoms with van der Waals surface area (Å²) in [4.78, 5) is 36.3. The third kappa shape index (κ3) is 5.05. The van der Waals surface area contributed by atoms with Crippen LogP contribution >= 0.6 is 0 Å². The Bertz CT molecular complexity index is 913. The first-order chi connectivity index (χ1) is 15.0. The first kappa shape index (κ1) is 22.3. The van der Waals surface area contributed by atoms with Crippen LogP contribution < -0.4 is 10.6 Å². The minimum absolute atomic E-state index is 0.0691. The minimum Gasteiger partial charge on any atom is -0.454 e. The first-order valence-corrected chi connectivity index (χ1v) is 10.4. The molecule has 0 unspecified atom stereocenters. The van der Waals surface area contributed by atoms with Crippen molar-refractivity contribution in [2.24, 2.45) is 5.92 Å². The molecule has 0 spiro atoms. The highest BCUT2D eigenvalue weighted by molar-refractivity contribution is 5.85. The van der Waals surface area contributed by atoms with E-state index in [0.29, 0.717) is 6.42 Å². The second-order valence-corrected chi connectivity index (χ2v) is 7.61. The fourth-order valence-electron chi connectivity index (χ4n) is 3.73. The van der Waals surface area contributed by atoms with E-state index in [2.05, 4.69) is 22.8 Å². The molecule has 0 aromatic heterocycles. The van der Waals surface area contributed by atoms with Gasteiger partial charge in [0, 0.05) is 13.0 Å². The SMILES string of the molecule is CC[C@H](C)[C@H](NC(=O)OCC1c2ccccc2-c2ccccc21)C(=O)OCC(=O)NC. The number of alkyl carbamates (subject to hydrolysis) is 1. The third-order valence-electron chi connectivity index (χ3n) is 5.71. The number of esters is 1. The van der Waals surface area contributed by atoms with E-state index in [-0.39, 0.29) is 18.4 Å². The molecule has 2 amide bonds. The molecule has 7 nitrogen and oxygen atoms in total. The molecule has 0 saturated heterocycles. The Morgan fingerprint density at radius 3 is 2.10 bits per heavy atom. The number of likely N-dealkylation sites (N-methyl/N-ethyl adjacent to an activating group) is 1. The van der Waals surface area contributed by atoms with Crippen molar-refractivity contribution in [2.45, 2.75) is 32.2 Å². The minimum atomic E-state index is -0.898. The van der Waals surface area contributed by atoms with E-state index in [1.165, 1.54) is 7.05 Å². The number of benzene rings is 2. The van der Waals surface area contributed by atoms with Crippen molar-refractivity contribution >= 4 is 18.0 Å². The van der Waals surface area contributed by atoms with E-state index in [1.807, 2.05) is 50.2 Å². The van der Waals surface area contributed by atoms with E-state index < -0.39 is 30.6 Å². The van der Waals surface area contributed by atoms with Gasteiger partial charge in [-0.25, -0.2) is 9.59 Å². The van der Waals surface area contributed by atoms with Gasteiger partial charge in [0.25, 0.3) is 5.91 Å². The molecule has 7 heteroatoms. The summed E-state index contributed by atoms with van der Waals surface area (Å²) >= 11 is 0. The van der Waals surface area contributed by atoms with Crippen LogP contribution in [0.2, 0.25) is 0 Å². The van der Waals surface area contributed by atoms with Crippen LogP contribution in [0.5, 0.6) is 0 Å². The summed E-state index contributed by atoms with van der Waals surface area (Å²) in [5, 5.41) is 5.00. The molecule has 2 aromatic rings. The summed E-state index contributed by atoms with van der Waals surface area (Å²) in [6.45, 7) is 3.49. The smallest absolute Gasteiger partial charge is 0.407 e. The molecular formula is C24H28N2O5. The van der Waals surface area contributed by atoms with Crippen LogP contribution in [-0.4, -0.2) is 44.3 Å².